The molecule has 3 rings (SSSR count). The van der Waals surface area contributed by atoms with Crippen molar-refractivity contribution in [3.05, 3.63) is 72.3 Å². The summed E-state index contributed by atoms with van der Waals surface area (Å²) in [6.45, 7) is 0.953. The lowest BCUT2D eigenvalue weighted by molar-refractivity contribution is 0.403. The van der Waals surface area contributed by atoms with Gasteiger partial charge in [-0.1, -0.05) is 54.6 Å². The van der Waals surface area contributed by atoms with Gasteiger partial charge in [0.2, 0.25) is 0 Å². The van der Waals surface area contributed by atoms with Gasteiger partial charge in [-0.2, -0.15) is 0 Å². The second-order valence-corrected chi connectivity index (χ2v) is 5.46. The summed E-state index contributed by atoms with van der Waals surface area (Å²) in [6, 6.07) is 23.8. The van der Waals surface area contributed by atoms with Crippen LogP contribution in [0.25, 0.3) is 21.9 Å². The van der Waals surface area contributed by atoms with Crippen LogP contribution < -0.4 is 0 Å². The maximum Gasteiger partial charge on any atom is 0.0234 e. The van der Waals surface area contributed by atoms with Crippen molar-refractivity contribution in [1.29, 1.82) is 0 Å². The summed E-state index contributed by atoms with van der Waals surface area (Å²) in [5, 5.41) is 2.61. The SMILES string of the molecule is CN(C)Cc1cc2ccccc2cc1-c1ccccc1. The molecule has 20 heavy (non-hydrogen) atoms. The van der Waals surface area contributed by atoms with E-state index in [1.54, 1.807) is 0 Å². The van der Waals surface area contributed by atoms with Gasteiger partial charge in [0, 0.05) is 6.54 Å². The van der Waals surface area contributed by atoms with Crippen molar-refractivity contribution >= 4 is 10.8 Å². The Morgan fingerprint density at radius 3 is 2.00 bits per heavy atom. The fourth-order valence-corrected chi connectivity index (χ4v) is 2.65. The molecule has 0 aliphatic carbocycles. The number of fused-ring (bicyclic) bond motifs is 1. The van der Waals surface area contributed by atoms with E-state index in [9.17, 15) is 0 Å². The summed E-state index contributed by atoms with van der Waals surface area (Å²) in [4.78, 5) is 2.22. The van der Waals surface area contributed by atoms with Crippen molar-refractivity contribution in [1.82, 2.24) is 4.90 Å². The Hall–Kier alpha value is -2.12. The van der Waals surface area contributed by atoms with Gasteiger partial charge in [0.1, 0.15) is 0 Å². The van der Waals surface area contributed by atoms with Gasteiger partial charge < -0.3 is 4.90 Å². The van der Waals surface area contributed by atoms with Crippen LogP contribution in [0.15, 0.2) is 66.7 Å². The van der Waals surface area contributed by atoms with Crippen LogP contribution in [-0.2, 0) is 6.54 Å². The highest BCUT2D eigenvalue weighted by atomic mass is 15.0. The Balaban J connectivity index is 2.21. The Kier molecular flexibility index (Phi) is 3.53. The molecule has 1 heteroatoms. The molecule has 0 amide bonds. The van der Waals surface area contributed by atoms with Crippen molar-refractivity contribution in [2.45, 2.75) is 6.54 Å². The van der Waals surface area contributed by atoms with Crippen molar-refractivity contribution in [3.63, 3.8) is 0 Å². The lowest BCUT2D eigenvalue weighted by Crippen LogP contribution is -2.11. The lowest BCUT2D eigenvalue weighted by Gasteiger charge is -2.16. The smallest absolute Gasteiger partial charge is 0.0234 e. The minimum absolute atomic E-state index is 0.953. The molecular weight excluding hydrogens is 242 g/mol. The Morgan fingerprint density at radius 1 is 0.750 bits per heavy atom. The molecule has 0 saturated heterocycles. The van der Waals surface area contributed by atoms with Crippen LogP contribution in [0, 0.1) is 0 Å². The number of hydrogen-bond acceptors (Lipinski definition) is 1. The summed E-state index contributed by atoms with van der Waals surface area (Å²) < 4.78 is 0. The maximum atomic E-state index is 2.32. The van der Waals surface area contributed by atoms with E-state index < -0.39 is 0 Å². The first kappa shape index (κ1) is 12.9. The molecule has 0 atom stereocenters. The zero-order chi connectivity index (χ0) is 13.9. The molecule has 0 saturated carbocycles. The highest BCUT2D eigenvalue weighted by Crippen LogP contribution is 2.29. The largest absolute Gasteiger partial charge is 0.305 e. The van der Waals surface area contributed by atoms with Crippen LogP contribution in [0.1, 0.15) is 5.56 Å². The van der Waals surface area contributed by atoms with Gasteiger partial charge in [0.05, 0.1) is 0 Å². The summed E-state index contributed by atoms with van der Waals surface area (Å²) in [7, 11) is 4.23. The molecule has 0 spiro atoms. The molecule has 0 aliphatic heterocycles. The van der Waals surface area contributed by atoms with Crippen molar-refractivity contribution < 1.29 is 0 Å². The maximum absolute atomic E-state index is 2.32. The normalized spacial score (nSPS) is 11.2. The van der Waals surface area contributed by atoms with Crippen LogP contribution in [0.2, 0.25) is 0 Å². The average molecular weight is 261 g/mol. The van der Waals surface area contributed by atoms with E-state index in [-0.39, 0.29) is 0 Å². The third kappa shape index (κ3) is 2.59. The van der Waals surface area contributed by atoms with Gasteiger partial charge in [0.15, 0.2) is 0 Å². The van der Waals surface area contributed by atoms with Gasteiger partial charge in [-0.25, -0.2) is 0 Å². The molecular formula is C19H19N. The number of benzene rings is 3. The Morgan fingerprint density at radius 2 is 1.35 bits per heavy atom. The van der Waals surface area contributed by atoms with E-state index in [1.165, 1.54) is 27.5 Å². The molecule has 3 aromatic rings. The summed E-state index contributed by atoms with van der Waals surface area (Å²) >= 11 is 0. The number of nitrogens with zero attached hydrogens (tertiary/aromatic N) is 1. The zero-order valence-electron chi connectivity index (χ0n) is 12.0. The quantitative estimate of drug-likeness (QED) is 0.667. The number of rotatable bonds is 3. The Bertz CT molecular complexity index is 714. The summed E-state index contributed by atoms with van der Waals surface area (Å²) in [5.74, 6) is 0. The van der Waals surface area contributed by atoms with E-state index in [0.29, 0.717) is 0 Å². The Labute approximate surface area is 120 Å². The van der Waals surface area contributed by atoms with E-state index in [1.807, 2.05) is 0 Å². The molecule has 0 heterocycles. The highest BCUT2D eigenvalue weighted by Gasteiger charge is 2.08. The van der Waals surface area contributed by atoms with Gasteiger partial charge in [-0.3, -0.25) is 0 Å². The van der Waals surface area contributed by atoms with Crippen molar-refractivity contribution in [3.8, 4) is 11.1 Å². The summed E-state index contributed by atoms with van der Waals surface area (Å²) in [5.41, 5.74) is 3.99. The van der Waals surface area contributed by atoms with E-state index in [0.717, 1.165) is 6.54 Å². The van der Waals surface area contributed by atoms with Crippen LogP contribution in [-0.4, -0.2) is 19.0 Å². The monoisotopic (exact) mass is 261 g/mol. The first-order valence-electron chi connectivity index (χ1n) is 6.96. The predicted octanol–water partition coefficient (Wildman–Crippen LogP) is 4.57. The third-order valence-electron chi connectivity index (χ3n) is 3.54. The standard InChI is InChI=1S/C19H19N/c1-20(2)14-18-12-16-10-6-7-11-17(16)13-19(18)15-8-4-3-5-9-15/h3-13H,14H2,1-2H3. The van der Waals surface area contributed by atoms with Crippen LogP contribution in [0.4, 0.5) is 0 Å². The highest BCUT2D eigenvalue weighted by molar-refractivity contribution is 5.89. The first-order valence-corrected chi connectivity index (χ1v) is 6.96. The molecule has 0 N–H and O–H groups in total. The topological polar surface area (TPSA) is 3.24 Å². The van der Waals surface area contributed by atoms with Crippen LogP contribution in [0.3, 0.4) is 0 Å². The molecule has 0 radical (unpaired) electrons. The second kappa shape index (κ2) is 5.48. The molecule has 0 bridgehead atoms. The molecule has 0 aromatic heterocycles. The first-order chi connectivity index (χ1) is 9.74. The molecule has 0 unspecified atom stereocenters. The van der Waals surface area contributed by atoms with Crippen LogP contribution >= 0.6 is 0 Å². The molecule has 100 valence electrons. The fraction of sp³-hybridized carbons (Fsp3) is 0.158. The minimum atomic E-state index is 0.953. The molecule has 0 aliphatic rings. The van der Waals surface area contributed by atoms with Gasteiger partial charge in [0.25, 0.3) is 0 Å². The molecule has 0 fully saturated rings. The second-order valence-electron chi connectivity index (χ2n) is 5.46. The summed E-state index contributed by atoms with van der Waals surface area (Å²) in [6.07, 6.45) is 0. The average Bonchev–Trinajstić information content (AvgIpc) is 2.47. The zero-order valence-corrected chi connectivity index (χ0v) is 12.0. The lowest BCUT2D eigenvalue weighted by atomic mass is 9.95. The molecule has 1 nitrogen and oxygen atoms in total. The fourth-order valence-electron chi connectivity index (χ4n) is 2.65. The minimum Gasteiger partial charge on any atom is -0.305 e. The van der Waals surface area contributed by atoms with Gasteiger partial charge in [-0.05, 0) is 53.7 Å². The van der Waals surface area contributed by atoms with Gasteiger partial charge >= 0.3 is 0 Å². The van der Waals surface area contributed by atoms with Gasteiger partial charge in [-0.15, -0.1) is 0 Å². The van der Waals surface area contributed by atoms with Crippen molar-refractivity contribution in [2.24, 2.45) is 0 Å². The van der Waals surface area contributed by atoms with E-state index in [4.69, 9.17) is 0 Å². The van der Waals surface area contributed by atoms with E-state index in [2.05, 4.69) is 85.7 Å². The molecule has 3 aromatic carbocycles. The van der Waals surface area contributed by atoms with Crippen molar-refractivity contribution in [2.75, 3.05) is 14.1 Å². The predicted molar refractivity (Wildman–Crippen MR) is 86.8 cm³/mol. The number of hydrogen-bond donors (Lipinski definition) is 0. The third-order valence-corrected chi connectivity index (χ3v) is 3.54. The van der Waals surface area contributed by atoms with E-state index >= 15 is 0 Å². The van der Waals surface area contributed by atoms with Crippen LogP contribution in [0.5, 0.6) is 0 Å².